The number of pyridine rings is 1. The van der Waals surface area contributed by atoms with Crippen LogP contribution in [0.2, 0.25) is 0 Å². The number of likely N-dealkylation sites (tertiary alicyclic amines) is 1. The van der Waals surface area contributed by atoms with Gasteiger partial charge in [-0.05, 0) is 48.9 Å². The molecule has 1 amide bonds. The molecule has 0 radical (unpaired) electrons. The van der Waals surface area contributed by atoms with Crippen LogP contribution in [0.15, 0.2) is 36.5 Å². The highest BCUT2D eigenvalue weighted by atomic mass is 16.2. The van der Waals surface area contributed by atoms with Crippen LogP contribution >= 0.6 is 0 Å². The van der Waals surface area contributed by atoms with Crippen LogP contribution < -0.4 is 10.2 Å². The monoisotopic (exact) mass is 417 g/mol. The Morgan fingerprint density at radius 2 is 2.13 bits per heavy atom. The number of likely N-dealkylation sites (N-methyl/N-ethyl adjacent to an activating group) is 1. The summed E-state index contributed by atoms with van der Waals surface area (Å²) in [6, 6.07) is 12.0. The van der Waals surface area contributed by atoms with Gasteiger partial charge in [0.25, 0.3) is 0 Å². The van der Waals surface area contributed by atoms with E-state index in [0.717, 1.165) is 50.3 Å². The summed E-state index contributed by atoms with van der Waals surface area (Å²) in [5.74, 6) is 1.52. The molecule has 6 nitrogen and oxygen atoms in total. The van der Waals surface area contributed by atoms with Crippen LogP contribution in [-0.2, 0) is 11.2 Å². The standard InChI is InChI=1S/C25H31N5O/c1-4-20(19-7-5-18(15-26)6-8-19)25(31)30-14-11-17(2)23(16-30)29(3)22-10-13-28-24-21(22)9-12-27-24/h5-8,10,13,17,20,23H,4,9,11-12,14,16H2,1-3H3,(H,27,28)/t17-,20?,23?/m1/s1. The Morgan fingerprint density at radius 1 is 1.35 bits per heavy atom. The quantitative estimate of drug-likeness (QED) is 0.801. The number of nitrogens with one attached hydrogen (secondary N) is 1. The number of carbonyl (C=O) groups is 1. The zero-order valence-corrected chi connectivity index (χ0v) is 18.6. The summed E-state index contributed by atoms with van der Waals surface area (Å²) in [5.41, 5.74) is 4.12. The van der Waals surface area contributed by atoms with Gasteiger partial charge in [-0.2, -0.15) is 5.26 Å². The molecule has 1 N–H and O–H groups in total. The zero-order valence-electron chi connectivity index (χ0n) is 18.6. The molecule has 1 fully saturated rings. The lowest BCUT2D eigenvalue weighted by molar-refractivity contribution is -0.134. The van der Waals surface area contributed by atoms with Crippen molar-refractivity contribution in [3.05, 3.63) is 53.2 Å². The van der Waals surface area contributed by atoms with Gasteiger partial charge in [0, 0.05) is 50.2 Å². The second-order valence-electron chi connectivity index (χ2n) is 8.76. The normalized spacial score (nSPS) is 21.0. The fraction of sp³-hybridized carbons (Fsp3) is 0.480. The number of anilines is 2. The number of carbonyl (C=O) groups excluding carboxylic acids is 1. The van der Waals surface area contributed by atoms with Crippen molar-refractivity contribution >= 4 is 17.4 Å². The lowest BCUT2D eigenvalue weighted by Gasteiger charge is -2.43. The van der Waals surface area contributed by atoms with Crippen LogP contribution in [0.4, 0.5) is 11.5 Å². The van der Waals surface area contributed by atoms with Gasteiger partial charge in [0.05, 0.1) is 17.6 Å². The van der Waals surface area contributed by atoms with E-state index in [1.807, 2.05) is 23.2 Å². The molecule has 1 aromatic carbocycles. The maximum atomic E-state index is 13.5. The smallest absolute Gasteiger partial charge is 0.230 e. The molecule has 0 bridgehead atoms. The Balaban J connectivity index is 1.53. The molecule has 31 heavy (non-hydrogen) atoms. The van der Waals surface area contributed by atoms with Gasteiger partial charge in [-0.3, -0.25) is 4.79 Å². The van der Waals surface area contributed by atoms with E-state index in [-0.39, 0.29) is 17.9 Å². The van der Waals surface area contributed by atoms with Gasteiger partial charge < -0.3 is 15.1 Å². The number of fused-ring (bicyclic) bond motifs is 1. The van der Waals surface area contributed by atoms with E-state index in [2.05, 4.69) is 48.2 Å². The molecule has 1 aromatic heterocycles. The molecule has 3 atom stereocenters. The highest BCUT2D eigenvalue weighted by molar-refractivity contribution is 5.84. The maximum Gasteiger partial charge on any atom is 0.230 e. The van der Waals surface area contributed by atoms with Crippen LogP contribution in [0.5, 0.6) is 0 Å². The third-order valence-corrected chi connectivity index (χ3v) is 6.95. The Labute approximate surface area is 184 Å². The molecule has 2 aliphatic rings. The molecule has 0 spiro atoms. The summed E-state index contributed by atoms with van der Waals surface area (Å²) < 4.78 is 0. The minimum absolute atomic E-state index is 0.165. The van der Waals surface area contributed by atoms with Crippen molar-refractivity contribution in [1.29, 1.82) is 5.26 Å². The Bertz CT molecular complexity index is 980. The van der Waals surface area contributed by atoms with Crippen molar-refractivity contribution in [1.82, 2.24) is 9.88 Å². The number of amides is 1. The van der Waals surface area contributed by atoms with Gasteiger partial charge >= 0.3 is 0 Å². The first-order valence-electron chi connectivity index (χ1n) is 11.3. The van der Waals surface area contributed by atoms with E-state index in [1.54, 1.807) is 12.1 Å². The molecule has 3 heterocycles. The number of benzene rings is 1. The lowest BCUT2D eigenvalue weighted by atomic mass is 9.89. The molecular formula is C25H31N5O. The second-order valence-corrected chi connectivity index (χ2v) is 8.76. The average Bonchev–Trinajstić information content (AvgIpc) is 3.29. The minimum Gasteiger partial charge on any atom is -0.369 e. The number of piperidine rings is 1. The molecule has 6 heteroatoms. The Morgan fingerprint density at radius 3 is 2.84 bits per heavy atom. The van der Waals surface area contributed by atoms with Crippen molar-refractivity contribution in [3.63, 3.8) is 0 Å². The summed E-state index contributed by atoms with van der Waals surface area (Å²) in [7, 11) is 2.15. The van der Waals surface area contributed by atoms with Gasteiger partial charge in [-0.25, -0.2) is 4.98 Å². The molecule has 2 aliphatic heterocycles. The van der Waals surface area contributed by atoms with Gasteiger partial charge in [0.15, 0.2) is 0 Å². The third kappa shape index (κ3) is 4.10. The van der Waals surface area contributed by atoms with Gasteiger partial charge in [-0.1, -0.05) is 26.0 Å². The fourth-order valence-corrected chi connectivity index (χ4v) is 5.01. The molecule has 0 saturated carbocycles. The van der Waals surface area contributed by atoms with Crippen molar-refractivity contribution in [2.24, 2.45) is 5.92 Å². The number of rotatable bonds is 5. The van der Waals surface area contributed by atoms with Crippen molar-refractivity contribution in [3.8, 4) is 6.07 Å². The van der Waals surface area contributed by atoms with Crippen LogP contribution in [0.25, 0.3) is 0 Å². The zero-order chi connectivity index (χ0) is 22.0. The number of hydrogen-bond donors (Lipinski definition) is 1. The van der Waals surface area contributed by atoms with E-state index < -0.39 is 0 Å². The topological polar surface area (TPSA) is 72.3 Å². The maximum absolute atomic E-state index is 13.5. The van der Waals surface area contributed by atoms with Crippen molar-refractivity contribution < 1.29 is 4.79 Å². The lowest BCUT2D eigenvalue weighted by Crippen LogP contribution is -2.53. The summed E-state index contributed by atoms with van der Waals surface area (Å²) in [5, 5.41) is 12.4. The highest BCUT2D eigenvalue weighted by Crippen LogP contribution is 2.34. The Hall–Kier alpha value is -3.07. The first kappa shape index (κ1) is 21.2. The number of nitrogens with zero attached hydrogens (tertiary/aromatic N) is 4. The minimum atomic E-state index is -0.165. The largest absolute Gasteiger partial charge is 0.369 e. The van der Waals surface area contributed by atoms with Crippen LogP contribution in [-0.4, -0.2) is 48.5 Å². The third-order valence-electron chi connectivity index (χ3n) is 6.95. The van der Waals surface area contributed by atoms with E-state index >= 15 is 0 Å². The Kier molecular flexibility index (Phi) is 6.13. The van der Waals surface area contributed by atoms with Crippen molar-refractivity contribution in [2.75, 3.05) is 36.9 Å². The number of hydrogen-bond acceptors (Lipinski definition) is 5. The summed E-state index contributed by atoms with van der Waals surface area (Å²) in [4.78, 5) is 22.4. The van der Waals surface area contributed by atoms with Crippen LogP contribution in [0.3, 0.4) is 0 Å². The van der Waals surface area contributed by atoms with Crippen LogP contribution in [0.1, 0.15) is 49.3 Å². The van der Waals surface area contributed by atoms with Gasteiger partial charge in [-0.15, -0.1) is 0 Å². The summed E-state index contributed by atoms with van der Waals surface area (Å²) >= 11 is 0. The van der Waals surface area contributed by atoms with Crippen LogP contribution in [0, 0.1) is 17.2 Å². The highest BCUT2D eigenvalue weighted by Gasteiger charge is 2.35. The molecule has 4 rings (SSSR count). The first-order chi connectivity index (χ1) is 15.0. The van der Waals surface area contributed by atoms with E-state index in [0.29, 0.717) is 11.5 Å². The van der Waals surface area contributed by atoms with E-state index in [4.69, 9.17) is 5.26 Å². The number of aromatic nitrogens is 1. The van der Waals surface area contributed by atoms with E-state index in [9.17, 15) is 4.79 Å². The molecule has 2 unspecified atom stereocenters. The van der Waals surface area contributed by atoms with Gasteiger partial charge in [0.2, 0.25) is 5.91 Å². The van der Waals surface area contributed by atoms with Gasteiger partial charge in [0.1, 0.15) is 5.82 Å². The first-order valence-corrected chi connectivity index (χ1v) is 11.3. The number of nitriles is 1. The van der Waals surface area contributed by atoms with Crippen molar-refractivity contribution in [2.45, 2.75) is 45.1 Å². The average molecular weight is 418 g/mol. The predicted octanol–water partition coefficient (Wildman–Crippen LogP) is 3.79. The SMILES string of the molecule is CCC(C(=O)N1CC[C@@H](C)C(N(C)c2ccnc3c2CCN3)C1)c1ccc(C#N)cc1. The molecule has 2 aromatic rings. The van der Waals surface area contributed by atoms with E-state index in [1.165, 1.54) is 11.3 Å². The summed E-state index contributed by atoms with van der Waals surface area (Å²) in [6.07, 6.45) is 4.61. The fourth-order valence-electron chi connectivity index (χ4n) is 5.01. The second kappa shape index (κ2) is 8.97. The predicted molar refractivity (Wildman–Crippen MR) is 123 cm³/mol. The molecule has 1 saturated heterocycles. The molecular weight excluding hydrogens is 386 g/mol. The molecule has 0 aliphatic carbocycles. The summed E-state index contributed by atoms with van der Waals surface area (Å²) in [6.45, 7) is 6.81. The molecule has 162 valence electrons.